The van der Waals surface area contributed by atoms with E-state index in [9.17, 15) is 0 Å². The van der Waals surface area contributed by atoms with E-state index in [1.54, 1.807) is 0 Å². The molecule has 0 radical (unpaired) electrons. The fourth-order valence-electron chi connectivity index (χ4n) is 3.31. The Morgan fingerprint density at radius 1 is 1.18 bits per heavy atom. The molecule has 1 aromatic carbocycles. The zero-order chi connectivity index (χ0) is 11.7. The minimum absolute atomic E-state index is 0.659. The number of fused-ring (bicyclic) bond motifs is 1. The van der Waals surface area contributed by atoms with Crippen molar-refractivity contribution in [3.8, 4) is 0 Å². The Balaban J connectivity index is 1.90. The van der Waals surface area contributed by atoms with Crippen molar-refractivity contribution < 1.29 is 0 Å². The van der Waals surface area contributed by atoms with E-state index >= 15 is 0 Å². The van der Waals surface area contributed by atoms with E-state index in [0.717, 1.165) is 6.54 Å². The average molecular weight is 230 g/mol. The number of likely N-dealkylation sites (tertiary alicyclic amines) is 1. The van der Waals surface area contributed by atoms with Crippen LogP contribution in [0.15, 0.2) is 18.2 Å². The highest BCUT2D eigenvalue weighted by atomic mass is 15.2. The van der Waals surface area contributed by atoms with E-state index in [1.165, 1.54) is 55.6 Å². The van der Waals surface area contributed by atoms with Gasteiger partial charge in [0.15, 0.2) is 0 Å². The van der Waals surface area contributed by atoms with Crippen LogP contribution in [0.2, 0.25) is 0 Å². The lowest BCUT2D eigenvalue weighted by Gasteiger charge is -2.38. The molecule has 0 bridgehead atoms. The van der Waals surface area contributed by atoms with E-state index < -0.39 is 0 Å². The number of rotatable bonds is 1. The molecule has 1 unspecified atom stereocenters. The number of nitrogens with zero attached hydrogens (tertiary/aromatic N) is 1. The van der Waals surface area contributed by atoms with Crippen molar-refractivity contribution >= 4 is 5.69 Å². The van der Waals surface area contributed by atoms with Crippen LogP contribution in [0.1, 0.15) is 42.9 Å². The molecule has 0 amide bonds. The largest absolute Gasteiger partial charge is 0.384 e. The lowest BCUT2D eigenvalue weighted by molar-refractivity contribution is 0.156. The van der Waals surface area contributed by atoms with Gasteiger partial charge < -0.3 is 5.32 Å². The maximum Gasteiger partial charge on any atom is 0.0418 e. The number of piperidine rings is 1. The summed E-state index contributed by atoms with van der Waals surface area (Å²) in [7, 11) is 0. The van der Waals surface area contributed by atoms with Gasteiger partial charge in [-0.25, -0.2) is 0 Å². The topological polar surface area (TPSA) is 15.3 Å². The molecule has 2 heterocycles. The zero-order valence-electron chi connectivity index (χ0n) is 10.7. The van der Waals surface area contributed by atoms with Gasteiger partial charge in [-0.15, -0.1) is 0 Å². The standard InChI is InChI=1S/C15H22N2/c1-12-6-5-7-13-14(8-9-16-15(12)13)17-10-3-2-4-11-17/h5-7,14,16H,2-4,8-11H2,1H3. The molecule has 2 nitrogen and oxygen atoms in total. The van der Waals surface area contributed by atoms with Gasteiger partial charge in [-0.1, -0.05) is 24.6 Å². The molecule has 1 aromatic rings. The maximum absolute atomic E-state index is 3.57. The molecule has 1 saturated heterocycles. The second-order valence-electron chi connectivity index (χ2n) is 5.37. The quantitative estimate of drug-likeness (QED) is 0.796. The summed E-state index contributed by atoms with van der Waals surface area (Å²) in [5.74, 6) is 0. The fraction of sp³-hybridized carbons (Fsp3) is 0.600. The van der Waals surface area contributed by atoms with Crippen LogP contribution in [0, 0.1) is 6.92 Å². The summed E-state index contributed by atoms with van der Waals surface area (Å²) in [5, 5.41) is 3.57. The van der Waals surface area contributed by atoms with Crippen LogP contribution < -0.4 is 5.32 Å². The predicted molar refractivity (Wildman–Crippen MR) is 72.5 cm³/mol. The van der Waals surface area contributed by atoms with Crippen LogP contribution in [0.3, 0.4) is 0 Å². The fourth-order valence-corrected chi connectivity index (χ4v) is 3.31. The molecule has 2 heteroatoms. The smallest absolute Gasteiger partial charge is 0.0418 e. The summed E-state index contributed by atoms with van der Waals surface area (Å²) in [6.07, 6.45) is 5.44. The van der Waals surface area contributed by atoms with Crippen molar-refractivity contribution in [1.82, 2.24) is 4.90 Å². The molecule has 1 atom stereocenters. The Kier molecular flexibility index (Phi) is 3.06. The highest BCUT2D eigenvalue weighted by molar-refractivity contribution is 5.60. The van der Waals surface area contributed by atoms with Crippen molar-refractivity contribution in [2.75, 3.05) is 25.0 Å². The number of benzene rings is 1. The number of anilines is 1. The first-order chi connectivity index (χ1) is 8.36. The summed E-state index contributed by atoms with van der Waals surface area (Å²) in [5.41, 5.74) is 4.32. The lowest BCUT2D eigenvalue weighted by atomic mass is 9.92. The minimum atomic E-state index is 0.659. The van der Waals surface area contributed by atoms with E-state index in [-0.39, 0.29) is 0 Å². The van der Waals surface area contributed by atoms with E-state index in [1.807, 2.05) is 0 Å². The lowest BCUT2D eigenvalue weighted by Crippen LogP contribution is -2.37. The molecule has 1 N–H and O–H groups in total. The zero-order valence-corrected chi connectivity index (χ0v) is 10.7. The summed E-state index contributed by atoms with van der Waals surface area (Å²) in [6, 6.07) is 7.39. The highest BCUT2D eigenvalue weighted by Crippen LogP contribution is 2.37. The van der Waals surface area contributed by atoms with Gasteiger partial charge in [0, 0.05) is 18.3 Å². The summed E-state index contributed by atoms with van der Waals surface area (Å²) in [6.45, 7) is 5.92. The van der Waals surface area contributed by atoms with Gasteiger partial charge in [0.05, 0.1) is 0 Å². The Morgan fingerprint density at radius 2 is 2.00 bits per heavy atom. The molecule has 1 fully saturated rings. The molecular formula is C15H22N2. The number of aryl methyl sites for hydroxylation is 1. The third kappa shape index (κ3) is 2.06. The average Bonchev–Trinajstić information content (AvgIpc) is 2.40. The third-order valence-corrected chi connectivity index (χ3v) is 4.21. The number of hydrogen-bond acceptors (Lipinski definition) is 2. The summed E-state index contributed by atoms with van der Waals surface area (Å²) >= 11 is 0. The van der Waals surface area contributed by atoms with Crippen LogP contribution in [0.5, 0.6) is 0 Å². The number of para-hydroxylation sites is 1. The van der Waals surface area contributed by atoms with Gasteiger partial charge in [-0.3, -0.25) is 4.90 Å². The Morgan fingerprint density at radius 3 is 2.82 bits per heavy atom. The molecule has 0 saturated carbocycles. The SMILES string of the molecule is Cc1cccc2c1NCCC2N1CCCCC1. The highest BCUT2D eigenvalue weighted by Gasteiger charge is 2.27. The van der Waals surface area contributed by atoms with Crippen LogP contribution in [-0.4, -0.2) is 24.5 Å². The van der Waals surface area contributed by atoms with E-state index in [4.69, 9.17) is 0 Å². The molecule has 0 aromatic heterocycles. The second kappa shape index (κ2) is 4.69. The maximum atomic E-state index is 3.57. The van der Waals surface area contributed by atoms with Gasteiger partial charge in [-0.05, 0) is 50.4 Å². The Bertz CT molecular complexity index is 394. The van der Waals surface area contributed by atoms with Crippen LogP contribution in [-0.2, 0) is 0 Å². The van der Waals surface area contributed by atoms with Crippen molar-refractivity contribution in [3.63, 3.8) is 0 Å². The van der Waals surface area contributed by atoms with Crippen LogP contribution in [0.25, 0.3) is 0 Å². The molecule has 2 aliphatic rings. The van der Waals surface area contributed by atoms with Crippen molar-refractivity contribution in [3.05, 3.63) is 29.3 Å². The van der Waals surface area contributed by atoms with Gasteiger partial charge >= 0.3 is 0 Å². The molecule has 17 heavy (non-hydrogen) atoms. The van der Waals surface area contributed by atoms with Gasteiger partial charge in [0.25, 0.3) is 0 Å². The van der Waals surface area contributed by atoms with Crippen molar-refractivity contribution in [2.24, 2.45) is 0 Å². The molecule has 0 spiro atoms. The molecule has 0 aliphatic carbocycles. The minimum Gasteiger partial charge on any atom is -0.384 e. The van der Waals surface area contributed by atoms with Crippen molar-refractivity contribution in [1.29, 1.82) is 0 Å². The first kappa shape index (κ1) is 11.1. The summed E-state index contributed by atoms with van der Waals surface area (Å²) in [4.78, 5) is 2.70. The first-order valence-corrected chi connectivity index (χ1v) is 6.94. The van der Waals surface area contributed by atoms with Crippen LogP contribution >= 0.6 is 0 Å². The second-order valence-corrected chi connectivity index (χ2v) is 5.37. The Labute approximate surface area is 104 Å². The molecule has 2 aliphatic heterocycles. The number of nitrogens with one attached hydrogen (secondary N) is 1. The van der Waals surface area contributed by atoms with Gasteiger partial charge in [-0.2, -0.15) is 0 Å². The normalized spacial score (nSPS) is 25.1. The molecule has 3 rings (SSSR count). The first-order valence-electron chi connectivity index (χ1n) is 6.94. The van der Waals surface area contributed by atoms with Crippen molar-refractivity contribution in [2.45, 2.75) is 38.6 Å². The summed E-state index contributed by atoms with van der Waals surface area (Å²) < 4.78 is 0. The molecule has 92 valence electrons. The number of hydrogen-bond donors (Lipinski definition) is 1. The Hall–Kier alpha value is -1.02. The van der Waals surface area contributed by atoms with Gasteiger partial charge in [0.2, 0.25) is 0 Å². The van der Waals surface area contributed by atoms with Gasteiger partial charge in [0.1, 0.15) is 0 Å². The van der Waals surface area contributed by atoms with Crippen LogP contribution in [0.4, 0.5) is 5.69 Å². The predicted octanol–water partition coefficient (Wildman–Crippen LogP) is 3.34. The third-order valence-electron chi connectivity index (χ3n) is 4.21. The van der Waals surface area contributed by atoms with E-state index in [0.29, 0.717) is 6.04 Å². The van der Waals surface area contributed by atoms with E-state index in [2.05, 4.69) is 35.3 Å². The monoisotopic (exact) mass is 230 g/mol. The molecular weight excluding hydrogens is 208 g/mol.